The van der Waals surface area contributed by atoms with E-state index in [1.807, 2.05) is 0 Å². The zero-order valence-corrected chi connectivity index (χ0v) is 12.8. The molecule has 0 aliphatic carbocycles. The van der Waals surface area contributed by atoms with Crippen molar-refractivity contribution < 1.29 is 19.4 Å². The van der Waals surface area contributed by atoms with E-state index in [2.05, 4.69) is 35.3 Å². The number of carboxylic acids is 1. The van der Waals surface area contributed by atoms with E-state index in [0.717, 1.165) is 0 Å². The third-order valence-corrected chi connectivity index (χ3v) is 4.21. The van der Waals surface area contributed by atoms with Crippen molar-refractivity contribution in [3.63, 3.8) is 0 Å². The Hall–Kier alpha value is 0.0800. The van der Waals surface area contributed by atoms with Crippen LogP contribution in [-0.2, 0) is 14.3 Å². The molecule has 17 heavy (non-hydrogen) atoms. The van der Waals surface area contributed by atoms with Crippen LogP contribution in [0.1, 0.15) is 6.42 Å². The number of hydrogen-bond donors (Lipinski definition) is 4. The maximum Gasteiger partial charge on any atom is 0.322 e. The van der Waals surface area contributed by atoms with Gasteiger partial charge in [0.2, 0.25) is 0 Å². The lowest BCUT2D eigenvalue weighted by atomic mass is 9.83. The van der Waals surface area contributed by atoms with Crippen LogP contribution in [0.25, 0.3) is 0 Å². The summed E-state index contributed by atoms with van der Waals surface area (Å²) in [5.74, 6) is -0.728. The Morgan fingerprint density at radius 1 is 1.47 bits per heavy atom. The molecule has 2 N–H and O–H groups in total. The predicted molar refractivity (Wildman–Crippen MR) is 75.4 cm³/mol. The van der Waals surface area contributed by atoms with Gasteiger partial charge in [-0.2, -0.15) is 25.3 Å². The first-order valence-electron chi connectivity index (χ1n) is 4.79. The maximum atomic E-state index is 11.4. The van der Waals surface area contributed by atoms with E-state index >= 15 is 0 Å². The normalized spacial score (nSPS) is 26.1. The number of nitrogens with one attached hydrogen (secondary N) is 1. The lowest BCUT2D eigenvalue weighted by Gasteiger charge is -2.28. The lowest BCUT2D eigenvalue weighted by Crippen LogP contribution is -2.47. The van der Waals surface area contributed by atoms with Gasteiger partial charge in [0.15, 0.2) is 0 Å². The van der Waals surface area contributed by atoms with Gasteiger partial charge in [-0.05, 0) is 17.9 Å². The molecule has 0 aromatic heterocycles. The Kier molecular flexibility index (Phi) is 6.90. The SMILES string of the molecule is Br.COC(=O)C1CC(CS)(CS)C(C(=O)O)N1. The van der Waals surface area contributed by atoms with Crippen molar-refractivity contribution in [1.82, 2.24) is 5.32 Å². The third kappa shape index (κ3) is 3.30. The molecular weight excluding hydrogens is 330 g/mol. The summed E-state index contributed by atoms with van der Waals surface area (Å²) in [5, 5.41) is 11.9. The fourth-order valence-corrected chi connectivity index (χ4v) is 2.97. The Labute approximate surface area is 121 Å². The summed E-state index contributed by atoms with van der Waals surface area (Å²) in [5.41, 5.74) is -0.614. The average molecular weight is 346 g/mol. The van der Waals surface area contributed by atoms with Crippen LogP contribution < -0.4 is 5.32 Å². The van der Waals surface area contributed by atoms with E-state index in [1.54, 1.807) is 0 Å². The Morgan fingerprint density at radius 3 is 2.29 bits per heavy atom. The van der Waals surface area contributed by atoms with Gasteiger partial charge in [-0.1, -0.05) is 0 Å². The molecule has 1 aliphatic heterocycles. The highest BCUT2D eigenvalue weighted by atomic mass is 79.9. The second-order valence-corrected chi connectivity index (χ2v) is 4.53. The predicted octanol–water partition coefficient (Wildman–Crippen LogP) is 0.398. The van der Waals surface area contributed by atoms with Crippen molar-refractivity contribution in [2.24, 2.45) is 5.41 Å². The molecule has 0 bridgehead atoms. The number of esters is 1. The largest absolute Gasteiger partial charge is 0.480 e. The minimum absolute atomic E-state index is 0. The number of thiol groups is 2. The minimum atomic E-state index is -0.991. The molecule has 2 unspecified atom stereocenters. The molecule has 0 aromatic rings. The van der Waals surface area contributed by atoms with Crippen LogP contribution in [0, 0.1) is 5.41 Å². The number of rotatable bonds is 4. The fourth-order valence-electron chi connectivity index (χ4n) is 1.95. The van der Waals surface area contributed by atoms with Gasteiger partial charge in [-0.3, -0.25) is 14.9 Å². The zero-order chi connectivity index (χ0) is 12.3. The Balaban J connectivity index is 0.00000256. The number of carbonyl (C=O) groups is 2. The molecule has 0 amide bonds. The number of ether oxygens (including phenoxy) is 1. The van der Waals surface area contributed by atoms with Crippen LogP contribution in [0.2, 0.25) is 0 Å². The monoisotopic (exact) mass is 345 g/mol. The third-order valence-electron chi connectivity index (χ3n) is 2.95. The highest BCUT2D eigenvalue weighted by molar-refractivity contribution is 8.93. The molecule has 5 nitrogen and oxygen atoms in total. The van der Waals surface area contributed by atoms with E-state index in [1.165, 1.54) is 7.11 Å². The lowest BCUT2D eigenvalue weighted by molar-refractivity contribution is -0.143. The van der Waals surface area contributed by atoms with E-state index in [4.69, 9.17) is 5.11 Å². The summed E-state index contributed by atoms with van der Waals surface area (Å²) >= 11 is 8.34. The van der Waals surface area contributed by atoms with Crippen LogP contribution in [0.4, 0.5) is 0 Å². The van der Waals surface area contributed by atoms with Crippen molar-refractivity contribution in [1.29, 1.82) is 0 Å². The van der Waals surface area contributed by atoms with Gasteiger partial charge < -0.3 is 9.84 Å². The smallest absolute Gasteiger partial charge is 0.322 e. The van der Waals surface area contributed by atoms with Gasteiger partial charge in [-0.15, -0.1) is 17.0 Å². The fraction of sp³-hybridized carbons (Fsp3) is 0.778. The summed E-state index contributed by atoms with van der Waals surface area (Å²) in [6.07, 6.45) is 0.379. The van der Waals surface area contributed by atoms with E-state index in [-0.39, 0.29) is 17.0 Å². The van der Waals surface area contributed by atoms with Crippen molar-refractivity contribution in [3.05, 3.63) is 0 Å². The van der Waals surface area contributed by atoms with Gasteiger partial charge in [0.05, 0.1) is 7.11 Å². The second-order valence-electron chi connectivity index (χ2n) is 3.90. The average Bonchev–Trinajstić information content (AvgIpc) is 2.68. The van der Waals surface area contributed by atoms with Gasteiger partial charge in [-0.25, -0.2) is 0 Å². The maximum absolute atomic E-state index is 11.4. The van der Waals surface area contributed by atoms with E-state index < -0.39 is 29.4 Å². The highest BCUT2D eigenvalue weighted by Gasteiger charge is 2.51. The van der Waals surface area contributed by atoms with E-state index in [0.29, 0.717) is 17.9 Å². The first-order chi connectivity index (χ1) is 7.50. The van der Waals surface area contributed by atoms with Crippen LogP contribution in [0.5, 0.6) is 0 Å². The van der Waals surface area contributed by atoms with Crippen molar-refractivity contribution >= 4 is 54.2 Å². The van der Waals surface area contributed by atoms with Crippen molar-refractivity contribution in [3.8, 4) is 0 Å². The minimum Gasteiger partial charge on any atom is -0.480 e. The van der Waals surface area contributed by atoms with Crippen LogP contribution >= 0.6 is 42.2 Å². The first-order valence-corrected chi connectivity index (χ1v) is 6.05. The number of hydrogen-bond acceptors (Lipinski definition) is 6. The Bertz CT molecular complexity index is 299. The molecule has 2 atom stereocenters. The highest BCUT2D eigenvalue weighted by Crippen LogP contribution is 2.37. The standard InChI is InChI=1S/C9H15NO4S2.BrH/c1-14-8(13)5-2-9(3-15,4-16)6(10-5)7(11)12;/h5-6,10,15-16H,2-4H2,1H3,(H,11,12);1H. The van der Waals surface area contributed by atoms with Crippen molar-refractivity contribution in [2.75, 3.05) is 18.6 Å². The molecule has 100 valence electrons. The zero-order valence-electron chi connectivity index (χ0n) is 9.25. The number of halogens is 1. The number of carbonyl (C=O) groups excluding carboxylic acids is 1. The summed E-state index contributed by atoms with van der Waals surface area (Å²) in [7, 11) is 1.28. The molecule has 0 saturated carbocycles. The van der Waals surface area contributed by atoms with Crippen molar-refractivity contribution in [2.45, 2.75) is 18.5 Å². The first kappa shape index (κ1) is 17.1. The van der Waals surface area contributed by atoms with E-state index in [9.17, 15) is 9.59 Å². The summed E-state index contributed by atoms with van der Waals surface area (Å²) in [6.45, 7) is 0. The number of aliphatic carboxylic acids is 1. The molecule has 1 heterocycles. The molecule has 1 fully saturated rings. The Morgan fingerprint density at radius 2 is 2.00 bits per heavy atom. The second kappa shape index (κ2) is 6.86. The van der Waals surface area contributed by atoms with Crippen LogP contribution in [0.3, 0.4) is 0 Å². The number of methoxy groups -OCH3 is 1. The van der Waals surface area contributed by atoms with Crippen LogP contribution in [0.15, 0.2) is 0 Å². The van der Waals surface area contributed by atoms with Crippen LogP contribution in [-0.4, -0.2) is 47.7 Å². The van der Waals surface area contributed by atoms with Gasteiger partial charge in [0.25, 0.3) is 0 Å². The van der Waals surface area contributed by atoms with Gasteiger partial charge in [0.1, 0.15) is 12.1 Å². The number of carboxylic acid groups (broad SMARTS) is 1. The topological polar surface area (TPSA) is 75.6 Å². The van der Waals surface area contributed by atoms with Gasteiger partial charge >= 0.3 is 11.9 Å². The summed E-state index contributed by atoms with van der Waals surface area (Å²) in [6, 6.07) is -1.41. The summed E-state index contributed by atoms with van der Waals surface area (Å²) < 4.78 is 4.60. The quantitative estimate of drug-likeness (QED) is 0.438. The molecule has 1 aliphatic rings. The molecule has 8 heteroatoms. The molecule has 0 spiro atoms. The summed E-state index contributed by atoms with van der Waals surface area (Å²) in [4.78, 5) is 22.5. The molecule has 0 aromatic carbocycles. The molecular formula is C9H16BrNO4S2. The molecule has 1 rings (SSSR count). The van der Waals surface area contributed by atoms with Gasteiger partial charge in [0, 0.05) is 5.41 Å². The molecule has 0 radical (unpaired) electrons. The molecule has 1 saturated heterocycles.